The van der Waals surface area contributed by atoms with Gasteiger partial charge < -0.3 is 15.7 Å². The molecule has 0 aromatic carbocycles. The summed E-state index contributed by atoms with van der Waals surface area (Å²) in [5.41, 5.74) is -0.251. The number of hydrogen-bond donors (Lipinski definition) is 3. The van der Waals surface area contributed by atoms with Gasteiger partial charge in [0.05, 0.1) is 30.2 Å². The van der Waals surface area contributed by atoms with Gasteiger partial charge in [0.15, 0.2) is 11.3 Å². The molecule has 0 unspecified atom stereocenters. The van der Waals surface area contributed by atoms with Crippen LogP contribution in [0.1, 0.15) is 118 Å². The number of aliphatic hydroxyl groups is 1. The number of amides is 2. The maximum Gasteiger partial charge on any atom is 0.276 e. The fraction of sp³-hybridized carbons (Fsp3) is 0.667. The number of nitrogens with zero attached hydrogens (tertiary/aromatic N) is 5. The van der Waals surface area contributed by atoms with Crippen LogP contribution < -0.4 is 10.6 Å². The Morgan fingerprint density at radius 3 is 2.36 bits per heavy atom. The summed E-state index contributed by atoms with van der Waals surface area (Å²) in [5.74, 6) is -6.98. The normalized spacial score (nSPS) is 21.9. The number of nitrogens with one attached hydrogen (secondary N) is 2. The number of carbonyl (C=O) groups is 2. The molecular formula is C30H37F4N7O4. The predicted molar refractivity (Wildman–Crippen MR) is 150 cm³/mol. The molecule has 0 bridgehead atoms. The van der Waals surface area contributed by atoms with Gasteiger partial charge in [-0.25, -0.2) is 31.7 Å². The van der Waals surface area contributed by atoms with Crippen molar-refractivity contribution in [1.29, 1.82) is 0 Å². The van der Waals surface area contributed by atoms with Crippen LogP contribution in [0.3, 0.4) is 0 Å². The molecule has 0 aliphatic heterocycles. The second-order valence-corrected chi connectivity index (χ2v) is 13.5. The molecule has 3 aliphatic carbocycles. The summed E-state index contributed by atoms with van der Waals surface area (Å²) in [6, 6.07) is 0.646. The highest BCUT2D eigenvalue weighted by atomic mass is 19.3. The highest BCUT2D eigenvalue weighted by Gasteiger charge is 2.46. The molecule has 0 saturated heterocycles. The Morgan fingerprint density at radius 2 is 1.73 bits per heavy atom. The third kappa shape index (κ3) is 6.82. The van der Waals surface area contributed by atoms with E-state index in [9.17, 15) is 32.3 Å². The first-order valence-electron chi connectivity index (χ1n) is 15.4. The van der Waals surface area contributed by atoms with Crippen LogP contribution in [0.5, 0.6) is 0 Å². The molecule has 3 saturated carbocycles. The van der Waals surface area contributed by atoms with Crippen molar-refractivity contribution in [2.75, 3.05) is 0 Å². The molecule has 6 rings (SSSR count). The van der Waals surface area contributed by atoms with Crippen LogP contribution in [-0.2, 0) is 10.4 Å². The Labute approximate surface area is 256 Å². The molecule has 11 nitrogen and oxygen atoms in total. The van der Waals surface area contributed by atoms with Crippen LogP contribution in [0.25, 0.3) is 5.65 Å². The predicted octanol–water partition coefficient (Wildman–Crippen LogP) is 5.03. The number of rotatable bonds is 10. The smallest absolute Gasteiger partial charge is 0.276 e. The monoisotopic (exact) mass is 635 g/mol. The van der Waals surface area contributed by atoms with Crippen LogP contribution in [0.4, 0.5) is 17.6 Å². The summed E-state index contributed by atoms with van der Waals surface area (Å²) in [4.78, 5) is 30.9. The van der Waals surface area contributed by atoms with Crippen molar-refractivity contribution in [3.63, 3.8) is 0 Å². The SMILES string of the molecule is CC(C)(O)c1nonc1C(=O)N[C@H](c1cn2ncc([C@H](NC(=O)CC3CC(F)(F)C3)C3CCC3)cc2n1)C1CCC(F)(F)CC1. The number of imidazole rings is 1. The van der Waals surface area contributed by atoms with E-state index < -0.39 is 29.4 Å². The van der Waals surface area contributed by atoms with Gasteiger partial charge in [-0.3, -0.25) is 9.59 Å². The van der Waals surface area contributed by atoms with Gasteiger partial charge in [-0.15, -0.1) is 0 Å². The second-order valence-electron chi connectivity index (χ2n) is 13.5. The van der Waals surface area contributed by atoms with Crippen molar-refractivity contribution in [3.8, 4) is 0 Å². The molecule has 15 heteroatoms. The zero-order valence-corrected chi connectivity index (χ0v) is 25.1. The van der Waals surface area contributed by atoms with Crippen LogP contribution in [-0.4, -0.2) is 53.7 Å². The van der Waals surface area contributed by atoms with E-state index in [2.05, 4.69) is 26.0 Å². The molecule has 45 heavy (non-hydrogen) atoms. The Morgan fingerprint density at radius 1 is 1.04 bits per heavy atom. The number of aromatic nitrogens is 5. The van der Waals surface area contributed by atoms with Gasteiger partial charge in [-0.1, -0.05) is 11.6 Å². The molecule has 0 spiro atoms. The summed E-state index contributed by atoms with van der Waals surface area (Å²) in [6.07, 6.45) is 5.19. The molecule has 2 atom stereocenters. The zero-order valence-electron chi connectivity index (χ0n) is 25.1. The number of halogens is 4. The highest BCUT2D eigenvalue weighted by molar-refractivity contribution is 5.93. The van der Waals surface area contributed by atoms with Gasteiger partial charge >= 0.3 is 0 Å². The second kappa shape index (κ2) is 11.6. The molecule has 244 valence electrons. The lowest BCUT2D eigenvalue weighted by Gasteiger charge is -2.37. The topological polar surface area (TPSA) is 148 Å². The lowest BCUT2D eigenvalue weighted by atomic mass is 9.76. The molecule has 3 aliphatic rings. The number of fused-ring (bicyclic) bond motifs is 1. The molecular weight excluding hydrogens is 598 g/mol. The molecule has 3 fully saturated rings. The molecule has 3 heterocycles. The summed E-state index contributed by atoms with van der Waals surface area (Å²) < 4.78 is 61.0. The molecule has 3 aromatic heterocycles. The lowest BCUT2D eigenvalue weighted by Crippen LogP contribution is -2.41. The van der Waals surface area contributed by atoms with Crippen molar-refractivity contribution in [2.24, 2.45) is 17.8 Å². The van der Waals surface area contributed by atoms with Crippen LogP contribution in [0.15, 0.2) is 23.1 Å². The minimum Gasteiger partial charge on any atom is -0.384 e. The van der Waals surface area contributed by atoms with E-state index in [0.29, 0.717) is 11.3 Å². The molecule has 0 radical (unpaired) electrons. The lowest BCUT2D eigenvalue weighted by molar-refractivity contribution is -0.134. The largest absolute Gasteiger partial charge is 0.384 e. The van der Waals surface area contributed by atoms with E-state index in [1.807, 2.05) is 0 Å². The van der Waals surface area contributed by atoms with Gasteiger partial charge in [0.1, 0.15) is 11.3 Å². The van der Waals surface area contributed by atoms with E-state index in [4.69, 9.17) is 9.61 Å². The van der Waals surface area contributed by atoms with Crippen molar-refractivity contribution < 1.29 is 36.9 Å². The average molecular weight is 636 g/mol. The molecule has 3 aromatic rings. The third-order valence-corrected chi connectivity index (χ3v) is 9.43. The summed E-state index contributed by atoms with van der Waals surface area (Å²) in [7, 11) is 0. The maximum absolute atomic E-state index is 14.1. The van der Waals surface area contributed by atoms with Crippen molar-refractivity contribution in [3.05, 3.63) is 41.1 Å². The first-order valence-corrected chi connectivity index (χ1v) is 15.4. The van der Waals surface area contributed by atoms with Gasteiger partial charge in [-0.05, 0) is 74.1 Å². The fourth-order valence-electron chi connectivity index (χ4n) is 6.68. The molecule has 3 N–H and O–H groups in total. The Balaban J connectivity index is 1.25. The van der Waals surface area contributed by atoms with Gasteiger partial charge in [-0.2, -0.15) is 5.10 Å². The fourth-order valence-corrected chi connectivity index (χ4v) is 6.68. The Hall–Kier alpha value is -3.62. The van der Waals surface area contributed by atoms with E-state index >= 15 is 0 Å². The van der Waals surface area contributed by atoms with E-state index in [-0.39, 0.29) is 86.0 Å². The van der Waals surface area contributed by atoms with Crippen molar-refractivity contribution >= 4 is 17.5 Å². The summed E-state index contributed by atoms with van der Waals surface area (Å²) in [5, 5.41) is 28.2. The highest BCUT2D eigenvalue weighted by Crippen LogP contribution is 2.45. The maximum atomic E-state index is 14.1. The molecule has 2 amide bonds. The Bertz CT molecular complexity index is 1550. The van der Waals surface area contributed by atoms with E-state index in [1.54, 1.807) is 18.5 Å². The first kappa shape index (κ1) is 31.4. The minimum absolute atomic E-state index is 0.0417. The van der Waals surface area contributed by atoms with Crippen molar-refractivity contribution in [2.45, 2.75) is 108 Å². The standard InChI is InChI=1S/C30H37F4N7O4/c1-28(2,44)26-25(39-45-40-26)27(43)38-24(18-6-8-29(31,32)9-7-18)20-15-41-21(36-20)11-19(14-35-41)23(17-4-3-5-17)37-22(42)10-16-12-30(33,34)13-16/h11,14-18,23-24,44H,3-10,12-13H2,1-2H3,(H,37,42)(H,38,43)/t23-,24+/m1/s1. The number of carbonyl (C=O) groups excluding carboxylic acids is 2. The Kier molecular flexibility index (Phi) is 8.11. The zero-order chi connectivity index (χ0) is 32.1. The van der Waals surface area contributed by atoms with E-state index in [0.717, 1.165) is 24.8 Å². The van der Waals surface area contributed by atoms with Crippen LogP contribution >= 0.6 is 0 Å². The summed E-state index contributed by atoms with van der Waals surface area (Å²) >= 11 is 0. The van der Waals surface area contributed by atoms with E-state index in [1.165, 1.54) is 18.4 Å². The average Bonchev–Trinajstić information content (AvgIpc) is 3.57. The third-order valence-electron chi connectivity index (χ3n) is 9.43. The van der Waals surface area contributed by atoms with Gasteiger partial charge in [0.25, 0.3) is 5.91 Å². The van der Waals surface area contributed by atoms with Crippen LogP contribution in [0, 0.1) is 17.8 Å². The summed E-state index contributed by atoms with van der Waals surface area (Å²) in [6.45, 7) is 2.86. The van der Waals surface area contributed by atoms with Gasteiger partial charge in [0.2, 0.25) is 17.8 Å². The minimum atomic E-state index is -2.79. The van der Waals surface area contributed by atoms with Crippen molar-refractivity contribution in [1.82, 2.24) is 35.5 Å². The van der Waals surface area contributed by atoms with Gasteiger partial charge in [0, 0.05) is 32.1 Å². The number of alkyl halides is 4. The quantitative estimate of drug-likeness (QED) is 0.263. The number of hydrogen-bond acceptors (Lipinski definition) is 8. The first-order chi connectivity index (χ1) is 21.2. The van der Waals surface area contributed by atoms with Crippen LogP contribution in [0.2, 0.25) is 0 Å².